The van der Waals surface area contributed by atoms with Gasteiger partial charge in [0.2, 0.25) is 0 Å². The fourth-order valence-electron chi connectivity index (χ4n) is 2.21. The molecule has 1 aliphatic rings. The zero-order valence-electron chi connectivity index (χ0n) is 12.2. The predicted molar refractivity (Wildman–Crippen MR) is 78.4 cm³/mol. The summed E-state index contributed by atoms with van der Waals surface area (Å²) in [4.78, 5) is 2.28. The highest BCUT2D eigenvalue weighted by molar-refractivity contribution is 7.87. The monoisotopic (exact) mass is 292 g/mol. The normalized spacial score (nSPS) is 18.1. The summed E-state index contributed by atoms with van der Waals surface area (Å²) >= 11 is 0. The van der Waals surface area contributed by atoms with E-state index in [0.29, 0.717) is 19.6 Å². The second-order valence-corrected chi connectivity index (χ2v) is 6.65. The average molecular weight is 292 g/mol. The first-order valence-corrected chi connectivity index (χ1v) is 8.72. The van der Waals surface area contributed by atoms with E-state index in [2.05, 4.69) is 14.9 Å². The molecule has 1 heterocycles. The molecule has 1 aliphatic heterocycles. The Morgan fingerprint density at radius 1 is 1.16 bits per heavy atom. The van der Waals surface area contributed by atoms with Crippen LogP contribution in [-0.2, 0) is 10.2 Å². The fourth-order valence-corrected chi connectivity index (χ4v) is 3.59. The predicted octanol–water partition coefficient (Wildman–Crippen LogP) is -0.152. The van der Waals surface area contributed by atoms with Crippen LogP contribution in [-0.4, -0.2) is 70.0 Å². The Hall–Kier alpha value is -0.210. The van der Waals surface area contributed by atoms with Crippen LogP contribution in [0.4, 0.5) is 0 Å². The molecule has 2 N–H and O–H groups in total. The largest absolute Gasteiger partial charge is 0.314 e. The Balaban J connectivity index is 2.35. The maximum atomic E-state index is 12.1. The van der Waals surface area contributed by atoms with Gasteiger partial charge in [0.05, 0.1) is 0 Å². The van der Waals surface area contributed by atoms with E-state index < -0.39 is 10.2 Å². The quantitative estimate of drug-likeness (QED) is 0.620. The molecule has 0 atom stereocenters. The SMILES string of the molecule is CCCN(CCC)S(=O)(=O)NCCN1CCNCC1. The third-order valence-electron chi connectivity index (χ3n) is 3.21. The molecule has 0 spiro atoms. The summed E-state index contributed by atoms with van der Waals surface area (Å²) in [6.07, 6.45) is 1.69. The Labute approximate surface area is 117 Å². The van der Waals surface area contributed by atoms with Crippen LogP contribution in [0.15, 0.2) is 0 Å². The molecular weight excluding hydrogens is 264 g/mol. The highest BCUT2D eigenvalue weighted by atomic mass is 32.2. The third kappa shape index (κ3) is 6.18. The van der Waals surface area contributed by atoms with E-state index in [1.54, 1.807) is 4.31 Å². The van der Waals surface area contributed by atoms with Crippen molar-refractivity contribution in [3.8, 4) is 0 Å². The summed E-state index contributed by atoms with van der Waals surface area (Å²) in [5.41, 5.74) is 0. The molecule has 1 rings (SSSR count). The molecule has 0 saturated carbocycles. The van der Waals surface area contributed by atoms with Gasteiger partial charge in [0, 0.05) is 52.4 Å². The second kappa shape index (κ2) is 8.86. The Kier molecular flexibility index (Phi) is 7.86. The molecule has 0 amide bonds. The fraction of sp³-hybridized carbons (Fsp3) is 1.00. The third-order valence-corrected chi connectivity index (χ3v) is 4.82. The summed E-state index contributed by atoms with van der Waals surface area (Å²) in [7, 11) is -3.31. The van der Waals surface area contributed by atoms with Crippen LogP contribution in [0.5, 0.6) is 0 Å². The zero-order valence-corrected chi connectivity index (χ0v) is 13.0. The molecule has 0 aromatic heterocycles. The molecular formula is C12H28N4O2S. The van der Waals surface area contributed by atoms with E-state index in [1.165, 1.54) is 0 Å². The van der Waals surface area contributed by atoms with Crippen molar-refractivity contribution in [2.45, 2.75) is 26.7 Å². The van der Waals surface area contributed by atoms with E-state index in [4.69, 9.17) is 0 Å². The van der Waals surface area contributed by atoms with E-state index in [-0.39, 0.29) is 0 Å². The van der Waals surface area contributed by atoms with Gasteiger partial charge in [-0.3, -0.25) is 4.90 Å². The lowest BCUT2D eigenvalue weighted by atomic mass is 10.3. The molecule has 0 bridgehead atoms. The summed E-state index contributed by atoms with van der Waals surface area (Å²) in [5.74, 6) is 0. The molecule has 19 heavy (non-hydrogen) atoms. The molecule has 0 aliphatic carbocycles. The van der Waals surface area contributed by atoms with Crippen molar-refractivity contribution in [2.75, 3.05) is 52.4 Å². The molecule has 114 valence electrons. The number of nitrogens with zero attached hydrogens (tertiary/aromatic N) is 2. The number of piperazine rings is 1. The van der Waals surface area contributed by atoms with Crippen LogP contribution < -0.4 is 10.0 Å². The van der Waals surface area contributed by atoms with Gasteiger partial charge >= 0.3 is 0 Å². The highest BCUT2D eigenvalue weighted by Crippen LogP contribution is 2.01. The van der Waals surface area contributed by atoms with Crippen molar-refractivity contribution in [1.29, 1.82) is 0 Å². The van der Waals surface area contributed by atoms with Gasteiger partial charge in [-0.1, -0.05) is 13.8 Å². The minimum atomic E-state index is -3.31. The lowest BCUT2D eigenvalue weighted by Crippen LogP contribution is -2.48. The Morgan fingerprint density at radius 3 is 2.26 bits per heavy atom. The molecule has 0 radical (unpaired) electrons. The lowest BCUT2D eigenvalue weighted by molar-refractivity contribution is 0.244. The van der Waals surface area contributed by atoms with E-state index in [1.807, 2.05) is 13.8 Å². The van der Waals surface area contributed by atoms with Crippen molar-refractivity contribution >= 4 is 10.2 Å². The highest BCUT2D eigenvalue weighted by Gasteiger charge is 2.20. The summed E-state index contributed by atoms with van der Waals surface area (Å²) in [6.45, 7) is 10.4. The first kappa shape index (κ1) is 16.8. The van der Waals surface area contributed by atoms with Crippen LogP contribution in [0, 0.1) is 0 Å². The van der Waals surface area contributed by atoms with Crippen LogP contribution in [0.25, 0.3) is 0 Å². The van der Waals surface area contributed by atoms with E-state index in [9.17, 15) is 8.42 Å². The first-order valence-electron chi connectivity index (χ1n) is 7.28. The van der Waals surface area contributed by atoms with Crippen LogP contribution >= 0.6 is 0 Å². The minimum absolute atomic E-state index is 0.492. The van der Waals surface area contributed by atoms with E-state index in [0.717, 1.165) is 45.6 Å². The van der Waals surface area contributed by atoms with Gasteiger partial charge in [0.1, 0.15) is 0 Å². The zero-order chi connectivity index (χ0) is 14.1. The maximum Gasteiger partial charge on any atom is 0.279 e. The van der Waals surface area contributed by atoms with Gasteiger partial charge in [-0.15, -0.1) is 0 Å². The van der Waals surface area contributed by atoms with Gasteiger partial charge in [0.15, 0.2) is 0 Å². The summed E-state index contributed by atoms with van der Waals surface area (Å²) < 4.78 is 28.5. The number of hydrogen-bond acceptors (Lipinski definition) is 4. The Morgan fingerprint density at radius 2 is 1.74 bits per heavy atom. The summed E-state index contributed by atoms with van der Waals surface area (Å²) in [6, 6.07) is 0. The maximum absolute atomic E-state index is 12.1. The topological polar surface area (TPSA) is 64.7 Å². The van der Waals surface area contributed by atoms with Crippen molar-refractivity contribution < 1.29 is 8.42 Å². The summed E-state index contributed by atoms with van der Waals surface area (Å²) in [5, 5.41) is 3.28. The van der Waals surface area contributed by atoms with Crippen molar-refractivity contribution in [1.82, 2.24) is 19.2 Å². The van der Waals surface area contributed by atoms with Gasteiger partial charge in [-0.25, -0.2) is 4.72 Å². The van der Waals surface area contributed by atoms with E-state index >= 15 is 0 Å². The Bertz CT molecular complexity index is 323. The molecule has 0 aromatic rings. The lowest BCUT2D eigenvalue weighted by Gasteiger charge is -2.28. The molecule has 1 fully saturated rings. The first-order chi connectivity index (χ1) is 9.10. The second-order valence-electron chi connectivity index (χ2n) is 4.89. The van der Waals surface area contributed by atoms with Gasteiger partial charge in [-0.05, 0) is 12.8 Å². The number of nitrogens with one attached hydrogen (secondary N) is 2. The average Bonchev–Trinajstić information content (AvgIpc) is 2.39. The van der Waals surface area contributed by atoms with Crippen LogP contribution in [0.2, 0.25) is 0 Å². The van der Waals surface area contributed by atoms with Crippen molar-refractivity contribution in [3.05, 3.63) is 0 Å². The van der Waals surface area contributed by atoms with Gasteiger partial charge in [-0.2, -0.15) is 12.7 Å². The minimum Gasteiger partial charge on any atom is -0.314 e. The molecule has 0 unspecified atom stereocenters. The van der Waals surface area contributed by atoms with Crippen molar-refractivity contribution in [2.24, 2.45) is 0 Å². The number of hydrogen-bond donors (Lipinski definition) is 2. The molecule has 1 saturated heterocycles. The molecule has 0 aromatic carbocycles. The van der Waals surface area contributed by atoms with Crippen LogP contribution in [0.1, 0.15) is 26.7 Å². The number of rotatable bonds is 9. The van der Waals surface area contributed by atoms with Crippen LogP contribution in [0.3, 0.4) is 0 Å². The van der Waals surface area contributed by atoms with Gasteiger partial charge < -0.3 is 5.32 Å². The molecule has 6 nitrogen and oxygen atoms in total. The smallest absolute Gasteiger partial charge is 0.279 e. The standard InChI is InChI=1S/C12H28N4O2S/c1-3-8-16(9-4-2)19(17,18)14-7-12-15-10-5-13-6-11-15/h13-14H,3-12H2,1-2H3. The van der Waals surface area contributed by atoms with Gasteiger partial charge in [0.25, 0.3) is 10.2 Å². The van der Waals surface area contributed by atoms with Crippen molar-refractivity contribution in [3.63, 3.8) is 0 Å². The molecule has 7 heteroatoms.